The molecule has 0 radical (unpaired) electrons. The van der Waals surface area contributed by atoms with Crippen molar-refractivity contribution in [2.75, 3.05) is 0 Å². The van der Waals surface area contributed by atoms with Gasteiger partial charge in [0.05, 0.1) is 5.41 Å². The van der Waals surface area contributed by atoms with Crippen molar-refractivity contribution in [3.63, 3.8) is 0 Å². The number of hydrogen-bond donors (Lipinski definition) is 0. The SMILES string of the molecule is C=C/C(=C\C)C1(C(/C=C\C)=C/C)c2ccccc2-c2ccc3ccccc3c21.C=CC.CC.CC. The maximum Gasteiger partial charge on any atom is 0.0712 e. The van der Waals surface area contributed by atoms with Crippen molar-refractivity contribution in [3.8, 4) is 11.1 Å². The number of benzene rings is 3. The van der Waals surface area contributed by atoms with Crippen LogP contribution in [0.4, 0.5) is 0 Å². The van der Waals surface area contributed by atoms with Crippen molar-refractivity contribution in [2.45, 2.75) is 60.8 Å². The van der Waals surface area contributed by atoms with Gasteiger partial charge in [-0.2, -0.15) is 0 Å². The molecule has 3 aromatic carbocycles. The first-order valence-electron chi connectivity index (χ1n) is 12.9. The molecular weight excluding hydrogens is 420 g/mol. The molecule has 4 rings (SSSR count). The van der Waals surface area contributed by atoms with E-state index in [1.54, 1.807) is 6.08 Å². The average Bonchev–Trinajstić information content (AvgIpc) is 3.22. The lowest BCUT2D eigenvalue weighted by molar-refractivity contribution is 0.769. The van der Waals surface area contributed by atoms with E-state index in [1.165, 1.54) is 44.2 Å². The zero-order chi connectivity index (χ0) is 26.4. The predicted molar refractivity (Wildman–Crippen MR) is 161 cm³/mol. The van der Waals surface area contributed by atoms with Crippen molar-refractivity contribution >= 4 is 10.8 Å². The van der Waals surface area contributed by atoms with Gasteiger partial charge in [0.25, 0.3) is 0 Å². The molecular formula is C35H44. The smallest absolute Gasteiger partial charge is 0.0712 e. The summed E-state index contributed by atoms with van der Waals surface area (Å²) in [5.74, 6) is 0. The molecule has 3 aromatic rings. The Hall–Kier alpha value is -3.38. The van der Waals surface area contributed by atoms with Gasteiger partial charge in [0.1, 0.15) is 0 Å². The molecule has 0 aromatic heterocycles. The Kier molecular flexibility index (Phi) is 12.5. The van der Waals surface area contributed by atoms with Crippen LogP contribution in [-0.4, -0.2) is 0 Å². The summed E-state index contributed by atoms with van der Waals surface area (Å²) in [5, 5.41) is 2.58. The van der Waals surface area contributed by atoms with E-state index in [4.69, 9.17) is 0 Å². The fourth-order valence-electron chi connectivity index (χ4n) is 4.95. The Morgan fingerprint density at radius 2 is 1.26 bits per heavy atom. The van der Waals surface area contributed by atoms with Gasteiger partial charge in [-0.1, -0.05) is 131 Å². The Morgan fingerprint density at radius 1 is 0.686 bits per heavy atom. The van der Waals surface area contributed by atoms with Crippen molar-refractivity contribution in [1.82, 2.24) is 0 Å². The van der Waals surface area contributed by atoms with E-state index in [1.807, 2.05) is 40.7 Å². The van der Waals surface area contributed by atoms with Gasteiger partial charge < -0.3 is 0 Å². The first-order valence-corrected chi connectivity index (χ1v) is 12.9. The Bertz CT molecular complexity index is 1200. The largest absolute Gasteiger partial charge is 0.103 e. The topological polar surface area (TPSA) is 0 Å². The third-order valence-corrected chi connectivity index (χ3v) is 5.98. The molecule has 0 saturated heterocycles. The van der Waals surface area contributed by atoms with Gasteiger partial charge in [-0.15, -0.1) is 6.58 Å². The van der Waals surface area contributed by atoms with Crippen LogP contribution in [0.2, 0.25) is 0 Å². The molecule has 35 heavy (non-hydrogen) atoms. The number of fused-ring (bicyclic) bond motifs is 5. The summed E-state index contributed by atoms with van der Waals surface area (Å²) in [6, 6.07) is 22.1. The van der Waals surface area contributed by atoms with E-state index in [-0.39, 0.29) is 5.41 Å². The Labute approximate surface area is 215 Å². The molecule has 0 spiro atoms. The molecule has 1 unspecified atom stereocenters. The average molecular weight is 465 g/mol. The van der Waals surface area contributed by atoms with E-state index in [9.17, 15) is 0 Å². The minimum atomic E-state index is -0.357. The van der Waals surface area contributed by atoms with Crippen LogP contribution in [0.3, 0.4) is 0 Å². The van der Waals surface area contributed by atoms with Crippen molar-refractivity contribution in [2.24, 2.45) is 0 Å². The molecule has 0 saturated carbocycles. The van der Waals surface area contributed by atoms with Gasteiger partial charge >= 0.3 is 0 Å². The molecule has 0 N–H and O–H groups in total. The fraction of sp³-hybridized carbons (Fsp3) is 0.257. The minimum absolute atomic E-state index is 0.357. The van der Waals surface area contributed by atoms with E-state index in [0.29, 0.717) is 0 Å². The van der Waals surface area contributed by atoms with Gasteiger partial charge in [0.15, 0.2) is 0 Å². The maximum atomic E-state index is 4.20. The van der Waals surface area contributed by atoms with Crippen molar-refractivity contribution in [1.29, 1.82) is 0 Å². The van der Waals surface area contributed by atoms with Gasteiger partial charge in [-0.3, -0.25) is 0 Å². The van der Waals surface area contributed by atoms with Crippen LogP contribution in [-0.2, 0) is 5.41 Å². The summed E-state index contributed by atoms with van der Waals surface area (Å²) in [4.78, 5) is 0. The standard InChI is InChI=1S/C28H26.C3H6.2C2H6/c1-5-13-22(8-4)28(21(6-2)7-3)26-17-12-11-16-24(26)25-19-18-20-14-9-10-15-23(20)27(25)28;1-3-2;2*1-2/h5-19H,2H2,1,3-4H3;3H,1H2,2H3;2*1-2H3/b13-5-,21-7+,22-8+;;;. The van der Waals surface area contributed by atoms with Gasteiger partial charge in [-0.25, -0.2) is 0 Å². The van der Waals surface area contributed by atoms with Crippen molar-refractivity contribution < 1.29 is 0 Å². The third kappa shape index (κ3) is 5.33. The second kappa shape index (κ2) is 14.8. The van der Waals surface area contributed by atoms with E-state index in [2.05, 4.69) is 119 Å². The molecule has 0 heteroatoms. The molecule has 0 heterocycles. The molecule has 0 fully saturated rings. The summed E-state index contributed by atoms with van der Waals surface area (Å²) in [5.41, 5.74) is 7.48. The normalized spacial score (nSPS) is 16.0. The second-order valence-electron chi connectivity index (χ2n) is 7.61. The molecule has 1 aliphatic rings. The lowest BCUT2D eigenvalue weighted by Gasteiger charge is -2.36. The maximum absolute atomic E-state index is 4.20. The lowest BCUT2D eigenvalue weighted by atomic mass is 9.65. The molecule has 0 amide bonds. The van der Waals surface area contributed by atoms with Gasteiger partial charge in [-0.05, 0) is 71.9 Å². The van der Waals surface area contributed by atoms with Crippen LogP contribution in [0.25, 0.3) is 21.9 Å². The van der Waals surface area contributed by atoms with Crippen LogP contribution >= 0.6 is 0 Å². The minimum Gasteiger partial charge on any atom is -0.103 e. The first kappa shape index (κ1) is 29.7. The number of allylic oxidation sites excluding steroid dienone is 8. The summed E-state index contributed by atoms with van der Waals surface area (Å²) < 4.78 is 0. The molecule has 1 aliphatic carbocycles. The third-order valence-electron chi connectivity index (χ3n) is 5.98. The number of rotatable bonds is 4. The second-order valence-corrected chi connectivity index (χ2v) is 7.61. The zero-order valence-corrected chi connectivity index (χ0v) is 23.2. The molecule has 0 bridgehead atoms. The van der Waals surface area contributed by atoms with Crippen LogP contribution in [0.1, 0.15) is 66.5 Å². The molecule has 184 valence electrons. The Balaban J connectivity index is 0.000000797. The van der Waals surface area contributed by atoms with E-state index in [0.717, 1.165) is 0 Å². The van der Waals surface area contributed by atoms with Gasteiger partial charge in [0.2, 0.25) is 0 Å². The highest BCUT2D eigenvalue weighted by atomic mass is 14.5. The summed E-state index contributed by atoms with van der Waals surface area (Å²) in [6.07, 6.45) is 12.6. The quantitative estimate of drug-likeness (QED) is 0.266. The molecule has 0 nitrogen and oxygen atoms in total. The fourth-order valence-corrected chi connectivity index (χ4v) is 4.95. The summed E-state index contributed by atoms with van der Waals surface area (Å²) in [6.45, 7) is 23.8. The summed E-state index contributed by atoms with van der Waals surface area (Å²) in [7, 11) is 0. The molecule has 0 aliphatic heterocycles. The van der Waals surface area contributed by atoms with Crippen LogP contribution < -0.4 is 0 Å². The highest BCUT2D eigenvalue weighted by molar-refractivity contribution is 6.00. The predicted octanol–water partition coefficient (Wildman–Crippen LogP) is 11.0. The van der Waals surface area contributed by atoms with E-state index >= 15 is 0 Å². The van der Waals surface area contributed by atoms with E-state index < -0.39 is 0 Å². The zero-order valence-electron chi connectivity index (χ0n) is 23.2. The molecule has 1 atom stereocenters. The summed E-state index contributed by atoms with van der Waals surface area (Å²) >= 11 is 0. The lowest BCUT2D eigenvalue weighted by Crippen LogP contribution is -2.29. The van der Waals surface area contributed by atoms with Gasteiger partial charge in [0, 0.05) is 0 Å². The van der Waals surface area contributed by atoms with Crippen LogP contribution in [0, 0.1) is 0 Å². The Morgan fingerprint density at radius 3 is 1.83 bits per heavy atom. The highest BCUT2D eigenvalue weighted by Crippen LogP contribution is 2.58. The first-order chi connectivity index (χ1) is 17.1. The highest BCUT2D eigenvalue weighted by Gasteiger charge is 2.47. The monoisotopic (exact) mass is 464 g/mol. The van der Waals surface area contributed by atoms with Crippen molar-refractivity contribution in [3.05, 3.63) is 133 Å². The number of hydrogen-bond acceptors (Lipinski definition) is 0. The van der Waals surface area contributed by atoms with Crippen LogP contribution in [0.15, 0.2) is 121 Å². The van der Waals surface area contributed by atoms with Crippen LogP contribution in [0.5, 0.6) is 0 Å².